The van der Waals surface area contributed by atoms with E-state index >= 15 is 0 Å². The SMILES string of the molecule is COc1cccc(C#N)c1NC(=O)c1ccc(F)cc1. The Labute approximate surface area is 115 Å². The van der Waals surface area contributed by atoms with E-state index in [0.29, 0.717) is 22.6 Å². The molecule has 2 aromatic carbocycles. The number of nitrogens with one attached hydrogen (secondary N) is 1. The summed E-state index contributed by atoms with van der Waals surface area (Å²) in [4.78, 5) is 12.1. The van der Waals surface area contributed by atoms with Crippen LogP contribution in [-0.2, 0) is 0 Å². The van der Waals surface area contributed by atoms with Crippen LogP contribution < -0.4 is 10.1 Å². The molecule has 0 bridgehead atoms. The molecule has 0 spiro atoms. The van der Waals surface area contributed by atoms with Crippen molar-refractivity contribution >= 4 is 11.6 Å². The lowest BCUT2D eigenvalue weighted by molar-refractivity contribution is 0.102. The smallest absolute Gasteiger partial charge is 0.255 e. The van der Waals surface area contributed by atoms with Crippen molar-refractivity contribution in [1.29, 1.82) is 5.26 Å². The molecule has 2 aromatic rings. The van der Waals surface area contributed by atoms with Crippen LogP contribution in [0.4, 0.5) is 10.1 Å². The molecule has 100 valence electrons. The van der Waals surface area contributed by atoms with Gasteiger partial charge in [0.2, 0.25) is 0 Å². The van der Waals surface area contributed by atoms with Crippen LogP contribution in [0.15, 0.2) is 42.5 Å². The van der Waals surface area contributed by atoms with Gasteiger partial charge in [0.1, 0.15) is 23.3 Å². The molecule has 0 saturated carbocycles. The zero-order valence-electron chi connectivity index (χ0n) is 10.7. The van der Waals surface area contributed by atoms with Crippen molar-refractivity contribution in [3.05, 3.63) is 59.4 Å². The minimum absolute atomic E-state index is 0.291. The van der Waals surface area contributed by atoms with Gasteiger partial charge in [-0.2, -0.15) is 5.26 Å². The van der Waals surface area contributed by atoms with E-state index in [4.69, 9.17) is 10.00 Å². The highest BCUT2D eigenvalue weighted by atomic mass is 19.1. The van der Waals surface area contributed by atoms with Gasteiger partial charge in [0.05, 0.1) is 12.7 Å². The molecule has 20 heavy (non-hydrogen) atoms. The number of nitrogens with zero attached hydrogens (tertiary/aromatic N) is 1. The number of halogens is 1. The van der Waals surface area contributed by atoms with Crippen LogP contribution in [0.5, 0.6) is 5.75 Å². The third kappa shape index (κ3) is 2.75. The number of nitriles is 1. The monoisotopic (exact) mass is 270 g/mol. The maximum Gasteiger partial charge on any atom is 0.255 e. The normalized spacial score (nSPS) is 9.65. The number of methoxy groups -OCH3 is 1. The number of hydrogen-bond donors (Lipinski definition) is 1. The zero-order chi connectivity index (χ0) is 14.5. The molecule has 0 aliphatic carbocycles. The summed E-state index contributed by atoms with van der Waals surface area (Å²) in [5, 5.41) is 11.7. The number of carbonyl (C=O) groups is 1. The standard InChI is InChI=1S/C15H11FN2O2/c1-20-13-4-2-3-11(9-17)14(13)18-15(19)10-5-7-12(16)8-6-10/h2-8H,1H3,(H,18,19). The summed E-state index contributed by atoms with van der Waals surface area (Å²) in [6.45, 7) is 0. The molecule has 0 radical (unpaired) electrons. The van der Waals surface area contributed by atoms with Crippen LogP contribution in [0.3, 0.4) is 0 Å². The van der Waals surface area contributed by atoms with Gasteiger partial charge in [-0.1, -0.05) is 6.07 Å². The first-order valence-electron chi connectivity index (χ1n) is 5.79. The van der Waals surface area contributed by atoms with Crippen LogP contribution in [0.1, 0.15) is 15.9 Å². The lowest BCUT2D eigenvalue weighted by Crippen LogP contribution is -2.13. The van der Waals surface area contributed by atoms with Crippen LogP contribution >= 0.6 is 0 Å². The number of para-hydroxylation sites is 1. The van der Waals surface area contributed by atoms with E-state index in [2.05, 4.69) is 5.32 Å². The third-order valence-electron chi connectivity index (χ3n) is 2.71. The van der Waals surface area contributed by atoms with Crippen molar-refractivity contribution in [2.75, 3.05) is 12.4 Å². The molecule has 0 atom stereocenters. The van der Waals surface area contributed by atoms with Gasteiger partial charge in [0, 0.05) is 5.56 Å². The average Bonchev–Trinajstić information content (AvgIpc) is 2.48. The second-order valence-corrected chi connectivity index (χ2v) is 3.96. The fraction of sp³-hybridized carbons (Fsp3) is 0.0667. The molecule has 0 unspecified atom stereocenters. The topological polar surface area (TPSA) is 62.1 Å². The molecule has 0 heterocycles. The second kappa shape index (κ2) is 5.85. The summed E-state index contributed by atoms with van der Waals surface area (Å²) in [6.07, 6.45) is 0. The Morgan fingerprint density at radius 1 is 1.25 bits per heavy atom. The Bertz CT molecular complexity index is 675. The van der Waals surface area contributed by atoms with Crippen molar-refractivity contribution in [2.24, 2.45) is 0 Å². The van der Waals surface area contributed by atoms with Crippen LogP contribution in [-0.4, -0.2) is 13.0 Å². The summed E-state index contributed by atoms with van der Waals surface area (Å²) in [5.74, 6) is -0.470. The summed E-state index contributed by atoms with van der Waals surface area (Å²) < 4.78 is 17.9. The minimum Gasteiger partial charge on any atom is -0.495 e. The van der Waals surface area contributed by atoms with Crippen molar-refractivity contribution in [1.82, 2.24) is 0 Å². The van der Waals surface area contributed by atoms with E-state index in [-0.39, 0.29) is 0 Å². The first kappa shape index (κ1) is 13.6. The third-order valence-corrected chi connectivity index (χ3v) is 2.71. The number of hydrogen-bond acceptors (Lipinski definition) is 3. The molecule has 1 N–H and O–H groups in total. The molecule has 5 heteroatoms. The summed E-state index contributed by atoms with van der Waals surface area (Å²) in [5.41, 5.74) is 0.882. The summed E-state index contributed by atoms with van der Waals surface area (Å²) in [6, 6.07) is 12.0. The van der Waals surface area contributed by atoms with Gasteiger partial charge in [0.15, 0.2) is 0 Å². The van der Waals surface area contributed by atoms with Gasteiger partial charge in [-0.05, 0) is 36.4 Å². The van der Waals surface area contributed by atoms with E-state index < -0.39 is 11.7 Å². The largest absolute Gasteiger partial charge is 0.495 e. The minimum atomic E-state index is -0.439. The van der Waals surface area contributed by atoms with Crippen molar-refractivity contribution < 1.29 is 13.9 Å². The van der Waals surface area contributed by atoms with E-state index in [1.165, 1.54) is 31.4 Å². The maximum absolute atomic E-state index is 12.8. The molecule has 0 saturated heterocycles. The van der Waals surface area contributed by atoms with E-state index in [1.54, 1.807) is 18.2 Å². The Hall–Kier alpha value is -2.87. The van der Waals surface area contributed by atoms with E-state index in [0.717, 1.165) is 0 Å². The molecule has 1 amide bonds. The average molecular weight is 270 g/mol. The highest BCUT2D eigenvalue weighted by Crippen LogP contribution is 2.28. The number of ether oxygens (including phenoxy) is 1. The van der Waals surface area contributed by atoms with Crippen molar-refractivity contribution in [3.8, 4) is 11.8 Å². The molecule has 2 rings (SSSR count). The lowest BCUT2D eigenvalue weighted by Gasteiger charge is -2.11. The Balaban J connectivity index is 2.32. The Kier molecular flexibility index (Phi) is 3.96. The first-order chi connectivity index (χ1) is 9.65. The fourth-order valence-electron chi connectivity index (χ4n) is 1.71. The van der Waals surface area contributed by atoms with Crippen molar-refractivity contribution in [2.45, 2.75) is 0 Å². The number of rotatable bonds is 3. The highest BCUT2D eigenvalue weighted by molar-refractivity contribution is 6.05. The van der Waals surface area contributed by atoms with Crippen molar-refractivity contribution in [3.63, 3.8) is 0 Å². The quantitative estimate of drug-likeness (QED) is 0.932. The highest BCUT2D eigenvalue weighted by Gasteiger charge is 2.13. The molecule has 0 aliphatic rings. The summed E-state index contributed by atoms with van der Waals surface area (Å²) in [7, 11) is 1.45. The molecular formula is C15H11FN2O2. The Morgan fingerprint density at radius 2 is 1.95 bits per heavy atom. The van der Waals surface area contributed by atoms with Gasteiger partial charge >= 0.3 is 0 Å². The molecular weight excluding hydrogens is 259 g/mol. The molecule has 0 fully saturated rings. The second-order valence-electron chi connectivity index (χ2n) is 3.96. The molecule has 4 nitrogen and oxygen atoms in total. The fourth-order valence-corrected chi connectivity index (χ4v) is 1.71. The van der Waals surface area contributed by atoms with Crippen LogP contribution in [0, 0.1) is 17.1 Å². The van der Waals surface area contributed by atoms with Gasteiger partial charge in [-0.3, -0.25) is 4.79 Å². The predicted octanol–water partition coefficient (Wildman–Crippen LogP) is 2.96. The van der Waals surface area contributed by atoms with Gasteiger partial charge in [-0.15, -0.1) is 0 Å². The van der Waals surface area contributed by atoms with Gasteiger partial charge in [-0.25, -0.2) is 4.39 Å². The number of carbonyl (C=O) groups excluding carboxylic acids is 1. The predicted molar refractivity (Wildman–Crippen MR) is 72.1 cm³/mol. The van der Waals surface area contributed by atoms with E-state index in [1.807, 2.05) is 6.07 Å². The number of amides is 1. The van der Waals surface area contributed by atoms with Gasteiger partial charge in [0.25, 0.3) is 5.91 Å². The number of benzene rings is 2. The Morgan fingerprint density at radius 3 is 2.55 bits per heavy atom. The van der Waals surface area contributed by atoms with Crippen LogP contribution in [0.2, 0.25) is 0 Å². The lowest BCUT2D eigenvalue weighted by atomic mass is 10.1. The maximum atomic E-state index is 12.8. The molecule has 0 aliphatic heterocycles. The van der Waals surface area contributed by atoms with Crippen LogP contribution in [0.25, 0.3) is 0 Å². The van der Waals surface area contributed by atoms with E-state index in [9.17, 15) is 9.18 Å². The molecule has 0 aromatic heterocycles. The van der Waals surface area contributed by atoms with Gasteiger partial charge < -0.3 is 10.1 Å². The zero-order valence-corrected chi connectivity index (χ0v) is 10.7. The number of anilines is 1. The summed E-state index contributed by atoms with van der Waals surface area (Å²) >= 11 is 0. The first-order valence-corrected chi connectivity index (χ1v) is 5.79.